The lowest BCUT2D eigenvalue weighted by atomic mass is 9.88. The molecule has 3 rings (SSSR count). The molecule has 1 aliphatic heterocycles. The second kappa shape index (κ2) is 6.89. The van der Waals surface area contributed by atoms with Crippen LogP contribution in [0.4, 0.5) is 10.1 Å². The molecule has 24 heavy (non-hydrogen) atoms. The molecule has 0 aliphatic carbocycles. The van der Waals surface area contributed by atoms with Gasteiger partial charge in [-0.2, -0.15) is 0 Å². The molecular formula is C19H20ClFN2O. The largest absolute Gasteiger partial charge is 0.368 e. The maximum Gasteiger partial charge on any atom is 0.183 e. The fourth-order valence-corrected chi connectivity index (χ4v) is 3.34. The van der Waals surface area contributed by atoms with Gasteiger partial charge < -0.3 is 9.69 Å². The number of halogens is 2. The van der Waals surface area contributed by atoms with E-state index in [9.17, 15) is 9.18 Å². The van der Waals surface area contributed by atoms with Gasteiger partial charge in [0, 0.05) is 31.6 Å². The first-order valence-corrected chi connectivity index (χ1v) is 8.47. The van der Waals surface area contributed by atoms with E-state index < -0.39 is 5.82 Å². The van der Waals surface area contributed by atoms with E-state index in [1.165, 1.54) is 17.3 Å². The van der Waals surface area contributed by atoms with E-state index in [1.54, 1.807) is 13.0 Å². The Balaban J connectivity index is 1.64. The van der Waals surface area contributed by atoms with Gasteiger partial charge in [-0.05, 0) is 30.0 Å². The Bertz CT molecular complexity index is 742. The average Bonchev–Trinajstić information content (AvgIpc) is 2.50. The van der Waals surface area contributed by atoms with Gasteiger partial charge in [0.15, 0.2) is 11.0 Å². The predicted octanol–water partition coefficient (Wildman–Crippen LogP) is 4.56. The maximum absolute atomic E-state index is 14.0. The van der Waals surface area contributed by atoms with Crippen molar-refractivity contribution in [2.75, 3.05) is 18.0 Å². The number of Topliss-reactive ketones (excluding diaryl/α,β-unsaturated/α-hetero) is 1. The number of pyridine rings is 1. The first-order chi connectivity index (χ1) is 11.5. The second-order valence-corrected chi connectivity index (χ2v) is 6.87. The van der Waals surface area contributed by atoms with Crippen LogP contribution < -0.4 is 4.90 Å². The van der Waals surface area contributed by atoms with Gasteiger partial charge in [0.05, 0.1) is 5.69 Å². The number of hydrogen-bond donors (Lipinski definition) is 0. The number of aromatic nitrogens is 1. The van der Waals surface area contributed by atoms with Crippen molar-refractivity contribution in [1.82, 2.24) is 4.98 Å². The molecule has 0 amide bonds. The Morgan fingerprint density at radius 2 is 2.00 bits per heavy atom. The summed E-state index contributed by atoms with van der Waals surface area (Å²) in [6, 6.07) is 10.1. The third-order valence-corrected chi connectivity index (χ3v) is 4.88. The summed E-state index contributed by atoms with van der Waals surface area (Å²) in [5.74, 6) is 0.376. The van der Waals surface area contributed by atoms with Crippen LogP contribution in [0.15, 0.2) is 36.5 Å². The van der Waals surface area contributed by atoms with Crippen LogP contribution in [0.3, 0.4) is 0 Å². The smallest absolute Gasteiger partial charge is 0.183 e. The Hall–Kier alpha value is -1.94. The van der Waals surface area contributed by atoms with Crippen molar-refractivity contribution in [1.29, 1.82) is 0 Å². The Kier molecular flexibility index (Phi) is 4.86. The van der Waals surface area contributed by atoms with E-state index in [2.05, 4.69) is 36.2 Å². The Labute approximate surface area is 146 Å². The zero-order chi connectivity index (χ0) is 17.3. The average molecular weight is 347 g/mol. The lowest BCUT2D eigenvalue weighted by Crippen LogP contribution is -2.45. The molecule has 126 valence electrons. The molecule has 5 heteroatoms. The van der Waals surface area contributed by atoms with Gasteiger partial charge in [-0.1, -0.05) is 42.8 Å². The van der Waals surface area contributed by atoms with Crippen molar-refractivity contribution in [3.8, 4) is 0 Å². The van der Waals surface area contributed by atoms with Crippen molar-refractivity contribution in [3.05, 3.63) is 58.6 Å². The quantitative estimate of drug-likeness (QED) is 0.744. The summed E-state index contributed by atoms with van der Waals surface area (Å²) in [5.41, 5.74) is 2.93. The summed E-state index contributed by atoms with van der Waals surface area (Å²) < 4.78 is 14.0. The monoisotopic (exact) mass is 346 g/mol. The zero-order valence-corrected chi connectivity index (χ0v) is 14.6. The highest BCUT2D eigenvalue weighted by molar-refractivity contribution is 6.29. The number of rotatable bonds is 5. The van der Waals surface area contributed by atoms with Crippen molar-refractivity contribution in [3.63, 3.8) is 0 Å². The number of ketones is 1. The second-order valence-electron chi connectivity index (χ2n) is 6.51. The minimum atomic E-state index is -0.453. The van der Waals surface area contributed by atoms with Gasteiger partial charge >= 0.3 is 0 Å². The first-order valence-electron chi connectivity index (χ1n) is 8.10. The number of carbonyl (C=O) groups excluding carboxylic acids is 1. The van der Waals surface area contributed by atoms with Gasteiger partial charge in [0.1, 0.15) is 5.78 Å². The fourth-order valence-electron chi connectivity index (χ4n) is 3.18. The molecule has 1 aliphatic rings. The molecule has 2 heterocycles. The number of benzene rings is 1. The van der Waals surface area contributed by atoms with Crippen LogP contribution in [0.1, 0.15) is 43.2 Å². The summed E-state index contributed by atoms with van der Waals surface area (Å²) in [5, 5.41) is -0.0836. The molecule has 1 saturated heterocycles. The van der Waals surface area contributed by atoms with Gasteiger partial charge in [-0.15, -0.1) is 0 Å². The van der Waals surface area contributed by atoms with E-state index in [-0.39, 0.29) is 16.9 Å². The zero-order valence-electron chi connectivity index (χ0n) is 13.8. The van der Waals surface area contributed by atoms with Crippen molar-refractivity contribution in [2.24, 2.45) is 0 Å². The molecule has 1 aromatic carbocycles. The first kappa shape index (κ1) is 16.9. The normalized spacial score (nSPS) is 15.9. The maximum atomic E-state index is 14.0. The van der Waals surface area contributed by atoms with Crippen LogP contribution in [-0.2, 0) is 4.79 Å². The van der Waals surface area contributed by atoms with E-state index in [0.717, 1.165) is 13.1 Å². The summed E-state index contributed by atoms with van der Waals surface area (Å²) >= 11 is 5.74. The third kappa shape index (κ3) is 3.44. The summed E-state index contributed by atoms with van der Waals surface area (Å²) in [7, 11) is 0. The van der Waals surface area contributed by atoms with E-state index in [1.807, 2.05) is 4.90 Å². The van der Waals surface area contributed by atoms with Crippen LogP contribution in [0.25, 0.3) is 0 Å². The van der Waals surface area contributed by atoms with Crippen LogP contribution >= 0.6 is 11.6 Å². The molecule has 1 aromatic heterocycles. The van der Waals surface area contributed by atoms with Gasteiger partial charge in [0.2, 0.25) is 0 Å². The van der Waals surface area contributed by atoms with E-state index >= 15 is 0 Å². The molecule has 1 atom stereocenters. The molecule has 0 spiro atoms. The van der Waals surface area contributed by atoms with Crippen LogP contribution in [0.5, 0.6) is 0 Å². The van der Waals surface area contributed by atoms with Crippen LogP contribution in [0.2, 0.25) is 5.15 Å². The topological polar surface area (TPSA) is 33.2 Å². The van der Waals surface area contributed by atoms with Crippen LogP contribution in [0, 0.1) is 5.82 Å². The van der Waals surface area contributed by atoms with Crippen molar-refractivity contribution >= 4 is 23.1 Å². The van der Waals surface area contributed by atoms with Crippen molar-refractivity contribution < 1.29 is 9.18 Å². The highest BCUT2D eigenvalue weighted by Crippen LogP contribution is 2.34. The predicted molar refractivity (Wildman–Crippen MR) is 94.3 cm³/mol. The van der Waals surface area contributed by atoms with Gasteiger partial charge in [-0.3, -0.25) is 0 Å². The lowest BCUT2D eigenvalue weighted by Gasteiger charge is -2.41. The number of nitrogens with zero attached hydrogens (tertiary/aromatic N) is 2. The number of anilines is 1. The highest BCUT2D eigenvalue weighted by Gasteiger charge is 2.30. The minimum Gasteiger partial charge on any atom is -0.368 e. The molecule has 0 unspecified atom stereocenters. The van der Waals surface area contributed by atoms with E-state index in [0.29, 0.717) is 18.0 Å². The standard InChI is InChI=1S/C19H20ClFN2O/c1-12(9-13(2)24)14-3-5-15(6-4-14)16-10-23(11-16)17-7-8-22-19(20)18(17)21/h3-8,12,16H,9-11H2,1-2H3/t12-/m1/s1. The third-order valence-electron chi connectivity index (χ3n) is 4.62. The van der Waals surface area contributed by atoms with Gasteiger partial charge in [0.25, 0.3) is 0 Å². The molecule has 1 fully saturated rings. The fraction of sp³-hybridized carbons (Fsp3) is 0.368. The SMILES string of the molecule is CC(=O)C[C@@H](C)c1ccc(C2CN(c3ccnc(Cl)c3F)C2)cc1. The summed E-state index contributed by atoms with van der Waals surface area (Å²) in [6.07, 6.45) is 2.10. The minimum absolute atomic E-state index is 0.0836. The molecular weight excluding hydrogens is 327 g/mol. The molecule has 2 aromatic rings. The Morgan fingerprint density at radius 1 is 1.33 bits per heavy atom. The highest BCUT2D eigenvalue weighted by atomic mass is 35.5. The Morgan fingerprint density at radius 3 is 2.62 bits per heavy atom. The lowest BCUT2D eigenvalue weighted by molar-refractivity contribution is -0.117. The molecule has 0 saturated carbocycles. The molecule has 0 N–H and O–H groups in total. The van der Waals surface area contributed by atoms with Crippen LogP contribution in [-0.4, -0.2) is 23.9 Å². The number of hydrogen-bond acceptors (Lipinski definition) is 3. The molecule has 0 bridgehead atoms. The number of carbonyl (C=O) groups is 1. The molecule has 0 radical (unpaired) electrons. The van der Waals surface area contributed by atoms with Crippen molar-refractivity contribution in [2.45, 2.75) is 32.1 Å². The molecule has 3 nitrogen and oxygen atoms in total. The van der Waals surface area contributed by atoms with Gasteiger partial charge in [-0.25, -0.2) is 9.37 Å². The summed E-state index contributed by atoms with van der Waals surface area (Å²) in [6.45, 7) is 5.22. The van der Waals surface area contributed by atoms with E-state index in [4.69, 9.17) is 11.6 Å². The summed E-state index contributed by atoms with van der Waals surface area (Å²) in [4.78, 5) is 16.9.